The lowest BCUT2D eigenvalue weighted by atomic mass is 9.92. The third kappa shape index (κ3) is 7.22. The van der Waals surface area contributed by atoms with Crippen molar-refractivity contribution < 1.29 is 37.0 Å². The molecule has 5 rings (SSSR count). The van der Waals surface area contributed by atoms with Crippen LogP contribution in [0.4, 0.5) is 18.9 Å². The van der Waals surface area contributed by atoms with E-state index in [2.05, 4.69) is 10.4 Å². The molecule has 2 unspecified atom stereocenters. The highest BCUT2D eigenvalue weighted by atomic mass is 19.4. The summed E-state index contributed by atoms with van der Waals surface area (Å²) < 4.78 is 50.0. The van der Waals surface area contributed by atoms with Gasteiger partial charge >= 0.3 is 12.1 Å². The molecule has 0 radical (unpaired) electrons. The summed E-state index contributed by atoms with van der Waals surface area (Å²) in [6.07, 6.45) is -5.18. The standard InChI is InChI=1S/C32H30F3N3O5/c1-42-31(41)24-16-23-8-5-9-27(26(23)17-24)36-29(40)25(14-15-32(33,34)35)21-12-10-20(11-13-21)18-38-28(39)19-43-30(37-38)22-6-3-2-4-7-22/h2-13,24-25H,14-19H2,1H3,(H,36,40). The number of fused-ring (bicyclic) bond motifs is 1. The van der Waals surface area contributed by atoms with E-state index in [0.717, 1.165) is 16.7 Å². The molecule has 224 valence electrons. The fourth-order valence-corrected chi connectivity index (χ4v) is 5.35. The molecule has 1 aliphatic heterocycles. The van der Waals surface area contributed by atoms with Crippen molar-refractivity contribution in [2.24, 2.45) is 11.0 Å². The van der Waals surface area contributed by atoms with Crippen LogP contribution in [0.15, 0.2) is 77.9 Å². The summed E-state index contributed by atoms with van der Waals surface area (Å²) in [6.45, 7) is -0.0508. The number of halogens is 3. The number of ether oxygens (including phenoxy) is 2. The highest BCUT2D eigenvalue weighted by Gasteiger charge is 2.33. The maximum absolute atomic E-state index is 13.5. The van der Waals surface area contributed by atoms with Crippen LogP contribution in [0.5, 0.6) is 0 Å². The number of methoxy groups -OCH3 is 1. The number of anilines is 1. The van der Waals surface area contributed by atoms with Gasteiger partial charge in [0.2, 0.25) is 11.8 Å². The van der Waals surface area contributed by atoms with Gasteiger partial charge in [0.25, 0.3) is 5.91 Å². The quantitative estimate of drug-likeness (QED) is 0.337. The first kappa shape index (κ1) is 29.8. The first-order valence-electron chi connectivity index (χ1n) is 13.8. The molecule has 0 aromatic heterocycles. The second kappa shape index (κ2) is 12.7. The van der Waals surface area contributed by atoms with E-state index in [1.165, 1.54) is 12.1 Å². The first-order chi connectivity index (χ1) is 20.6. The Balaban J connectivity index is 1.33. The minimum Gasteiger partial charge on any atom is -0.469 e. The number of hydrogen-bond donors (Lipinski definition) is 1. The zero-order valence-corrected chi connectivity index (χ0v) is 23.4. The van der Waals surface area contributed by atoms with E-state index in [1.807, 2.05) is 36.4 Å². The van der Waals surface area contributed by atoms with Crippen molar-refractivity contribution in [2.75, 3.05) is 19.0 Å². The monoisotopic (exact) mass is 593 g/mol. The molecule has 0 saturated carbocycles. The maximum atomic E-state index is 13.5. The van der Waals surface area contributed by atoms with Gasteiger partial charge in [-0.3, -0.25) is 14.4 Å². The highest BCUT2D eigenvalue weighted by Crippen LogP contribution is 2.35. The summed E-state index contributed by atoms with van der Waals surface area (Å²) in [6, 6.07) is 21.0. The zero-order chi connectivity index (χ0) is 30.6. The molecule has 3 aromatic rings. The van der Waals surface area contributed by atoms with Crippen LogP contribution in [0.1, 0.15) is 46.6 Å². The van der Waals surface area contributed by atoms with Crippen molar-refractivity contribution in [3.05, 3.63) is 101 Å². The Bertz CT molecular complexity index is 1520. The molecule has 2 aliphatic rings. The highest BCUT2D eigenvalue weighted by molar-refractivity contribution is 5.98. The lowest BCUT2D eigenvalue weighted by molar-refractivity contribution is -0.145. The number of rotatable bonds is 9. The van der Waals surface area contributed by atoms with Crippen LogP contribution in [0.25, 0.3) is 0 Å². The van der Waals surface area contributed by atoms with E-state index in [9.17, 15) is 27.6 Å². The normalized spacial score (nSPS) is 17.0. The number of carbonyl (C=O) groups is 3. The first-order valence-corrected chi connectivity index (χ1v) is 13.8. The minimum atomic E-state index is -4.44. The Hall–Kier alpha value is -4.67. The fourth-order valence-electron chi connectivity index (χ4n) is 5.35. The van der Waals surface area contributed by atoms with E-state index < -0.39 is 30.8 Å². The summed E-state index contributed by atoms with van der Waals surface area (Å²) in [4.78, 5) is 38.0. The number of amides is 2. The predicted octanol–water partition coefficient (Wildman–Crippen LogP) is 5.36. The van der Waals surface area contributed by atoms with Gasteiger partial charge in [-0.05, 0) is 59.7 Å². The topological polar surface area (TPSA) is 97.3 Å². The summed E-state index contributed by atoms with van der Waals surface area (Å²) >= 11 is 0. The number of carbonyl (C=O) groups excluding carboxylic acids is 3. The van der Waals surface area contributed by atoms with Crippen LogP contribution in [-0.4, -0.2) is 48.6 Å². The van der Waals surface area contributed by atoms with E-state index in [0.29, 0.717) is 35.6 Å². The Morgan fingerprint density at radius 3 is 2.49 bits per heavy atom. The summed E-state index contributed by atoms with van der Waals surface area (Å²) in [7, 11) is 1.32. The molecule has 1 aliphatic carbocycles. The number of nitrogens with zero attached hydrogens (tertiary/aromatic N) is 2. The van der Waals surface area contributed by atoms with E-state index in [4.69, 9.17) is 9.47 Å². The Kier molecular flexibility index (Phi) is 8.79. The van der Waals surface area contributed by atoms with Crippen LogP contribution in [-0.2, 0) is 43.2 Å². The number of nitrogens with one attached hydrogen (secondary N) is 1. The molecule has 43 heavy (non-hydrogen) atoms. The van der Waals surface area contributed by atoms with Gasteiger partial charge in [0.15, 0.2) is 6.61 Å². The SMILES string of the molecule is COC(=O)C1Cc2cccc(NC(=O)C(CCC(F)(F)F)c3ccc(CN4N=C(c5ccccc5)OCC4=O)cc3)c2C1. The molecule has 0 fully saturated rings. The van der Waals surface area contributed by atoms with Crippen molar-refractivity contribution >= 4 is 29.4 Å². The Morgan fingerprint density at radius 1 is 1.05 bits per heavy atom. The zero-order valence-electron chi connectivity index (χ0n) is 23.4. The summed E-state index contributed by atoms with van der Waals surface area (Å²) in [5, 5.41) is 8.43. The van der Waals surface area contributed by atoms with Crippen LogP contribution >= 0.6 is 0 Å². The molecule has 2 amide bonds. The van der Waals surface area contributed by atoms with Gasteiger partial charge in [-0.2, -0.15) is 13.2 Å². The molecule has 8 nitrogen and oxygen atoms in total. The average molecular weight is 594 g/mol. The molecular formula is C32H30F3N3O5. The number of benzene rings is 3. The lowest BCUT2D eigenvalue weighted by Crippen LogP contribution is -2.36. The second-order valence-electron chi connectivity index (χ2n) is 10.5. The van der Waals surface area contributed by atoms with Gasteiger partial charge in [0.1, 0.15) is 0 Å². The molecular weight excluding hydrogens is 563 g/mol. The average Bonchev–Trinajstić information content (AvgIpc) is 3.44. The minimum absolute atomic E-state index is 0.121. The van der Waals surface area contributed by atoms with Crippen LogP contribution in [0.3, 0.4) is 0 Å². The summed E-state index contributed by atoms with van der Waals surface area (Å²) in [5.74, 6) is -2.41. The molecule has 2 atom stereocenters. The van der Waals surface area contributed by atoms with Crippen LogP contribution in [0, 0.1) is 5.92 Å². The predicted molar refractivity (Wildman–Crippen MR) is 152 cm³/mol. The molecule has 11 heteroatoms. The number of alkyl halides is 3. The molecule has 3 aromatic carbocycles. The van der Waals surface area contributed by atoms with Gasteiger partial charge < -0.3 is 14.8 Å². The fraction of sp³-hybridized carbons (Fsp3) is 0.312. The van der Waals surface area contributed by atoms with E-state index in [1.54, 1.807) is 36.4 Å². The summed E-state index contributed by atoms with van der Waals surface area (Å²) in [5.41, 5.74) is 3.95. The van der Waals surface area contributed by atoms with E-state index in [-0.39, 0.29) is 30.9 Å². The number of hydrazone groups is 1. The van der Waals surface area contributed by atoms with Crippen LogP contribution < -0.4 is 5.32 Å². The largest absolute Gasteiger partial charge is 0.469 e. The van der Waals surface area contributed by atoms with E-state index >= 15 is 0 Å². The van der Waals surface area contributed by atoms with Crippen molar-refractivity contribution in [1.82, 2.24) is 5.01 Å². The van der Waals surface area contributed by atoms with Crippen molar-refractivity contribution in [2.45, 2.75) is 44.3 Å². The van der Waals surface area contributed by atoms with Crippen molar-refractivity contribution in [3.63, 3.8) is 0 Å². The van der Waals surface area contributed by atoms with Gasteiger partial charge in [0.05, 0.1) is 25.5 Å². The second-order valence-corrected chi connectivity index (χ2v) is 10.5. The van der Waals surface area contributed by atoms with Gasteiger partial charge in [-0.15, -0.1) is 5.10 Å². The third-order valence-electron chi connectivity index (χ3n) is 7.58. The number of esters is 1. The molecule has 0 saturated heterocycles. The Labute approximate surface area is 246 Å². The van der Waals surface area contributed by atoms with Crippen molar-refractivity contribution in [1.29, 1.82) is 0 Å². The Morgan fingerprint density at radius 2 is 1.79 bits per heavy atom. The van der Waals surface area contributed by atoms with Crippen LogP contribution in [0.2, 0.25) is 0 Å². The lowest BCUT2D eigenvalue weighted by Gasteiger charge is -2.24. The van der Waals surface area contributed by atoms with Crippen molar-refractivity contribution in [3.8, 4) is 0 Å². The maximum Gasteiger partial charge on any atom is 0.389 e. The smallest absolute Gasteiger partial charge is 0.389 e. The van der Waals surface area contributed by atoms with Gasteiger partial charge in [0, 0.05) is 17.7 Å². The molecule has 0 bridgehead atoms. The molecule has 1 heterocycles. The molecule has 0 spiro atoms. The third-order valence-corrected chi connectivity index (χ3v) is 7.58. The van der Waals surface area contributed by atoms with Gasteiger partial charge in [-0.25, -0.2) is 5.01 Å². The molecule has 1 N–H and O–H groups in total. The number of hydrogen-bond acceptors (Lipinski definition) is 6. The van der Waals surface area contributed by atoms with Gasteiger partial charge in [-0.1, -0.05) is 54.6 Å².